The van der Waals surface area contributed by atoms with Crippen molar-refractivity contribution in [1.29, 1.82) is 0 Å². The second-order valence-electron chi connectivity index (χ2n) is 4.24. The summed E-state index contributed by atoms with van der Waals surface area (Å²) in [6.45, 7) is 5.91. The van der Waals surface area contributed by atoms with Gasteiger partial charge in [-0.25, -0.2) is 9.67 Å². The number of rotatable bonds is 4. The summed E-state index contributed by atoms with van der Waals surface area (Å²) in [6, 6.07) is 1.76. The Morgan fingerprint density at radius 3 is 2.58 bits per heavy atom. The smallest absolute Gasteiger partial charge is 0.218 e. The standard InChI is InChI=1S/C13H19N5O/c1-5-9-13(14)10(6-2)18(17-9)11-7-12(19-4)16-8(3)15-11/h7H,5-6,14H2,1-4H3. The van der Waals surface area contributed by atoms with Crippen LogP contribution in [0.2, 0.25) is 0 Å². The highest BCUT2D eigenvalue weighted by Crippen LogP contribution is 2.22. The molecule has 0 saturated heterocycles. The van der Waals surface area contributed by atoms with Gasteiger partial charge in [-0.1, -0.05) is 13.8 Å². The zero-order valence-electron chi connectivity index (χ0n) is 11.8. The molecule has 0 spiro atoms. The van der Waals surface area contributed by atoms with Crippen LogP contribution in [-0.2, 0) is 12.8 Å². The molecule has 2 aromatic heterocycles. The number of anilines is 1. The van der Waals surface area contributed by atoms with Gasteiger partial charge >= 0.3 is 0 Å². The molecule has 0 fully saturated rings. The maximum Gasteiger partial charge on any atom is 0.218 e. The second kappa shape index (κ2) is 5.26. The molecule has 0 atom stereocenters. The van der Waals surface area contributed by atoms with Gasteiger partial charge in [0.05, 0.1) is 24.2 Å². The number of hydrogen-bond donors (Lipinski definition) is 1. The van der Waals surface area contributed by atoms with Crippen LogP contribution in [0.4, 0.5) is 5.69 Å². The molecule has 6 heteroatoms. The first-order valence-corrected chi connectivity index (χ1v) is 6.36. The first-order valence-electron chi connectivity index (χ1n) is 6.36. The predicted molar refractivity (Wildman–Crippen MR) is 73.6 cm³/mol. The lowest BCUT2D eigenvalue weighted by atomic mass is 10.2. The van der Waals surface area contributed by atoms with Gasteiger partial charge in [-0.15, -0.1) is 0 Å². The predicted octanol–water partition coefficient (Wildman–Crippen LogP) is 1.69. The van der Waals surface area contributed by atoms with Crippen molar-refractivity contribution in [2.45, 2.75) is 33.6 Å². The zero-order valence-corrected chi connectivity index (χ0v) is 11.8. The molecule has 0 bridgehead atoms. The Morgan fingerprint density at radius 1 is 1.26 bits per heavy atom. The largest absolute Gasteiger partial charge is 0.481 e. The molecule has 19 heavy (non-hydrogen) atoms. The van der Waals surface area contributed by atoms with Crippen molar-refractivity contribution in [3.8, 4) is 11.7 Å². The summed E-state index contributed by atoms with van der Waals surface area (Å²) >= 11 is 0. The Bertz CT molecular complexity index is 591. The van der Waals surface area contributed by atoms with Gasteiger partial charge in [-0.05, 0) is 19.8 Å². The van der Waals surface area contributed by atoms with Gasteiger partial charge in [0.15, 0.2) is 5.82 Å². The summed E-state index contributed by atoms with van der Waals surface area (Å²) in [4.78, 5) is 8.58. The van der Waals surface area contributed by atoms with Crippen LogP contribution in [0.3, 0.4) is 0 Å². The fourth-order valence-electron chi connectivity index (χ4n) is 2.04. The molecule has 2 aromatic rings. The van der Waals surface area contributed by atoms with Crippen molar-refractivity contribution in [1.82, 2.24) is 19.7 Å². The average Bonchev–Trinajstić information content (AvgIpc) is 2.74. The molecule has 0 amide bonds. The van der Waals surface area contributed by atoms with Crippen LogP contribution in [0.1, 0.15) is 31.1 Å². The highest BCUT2D eigenvalue weighted by Gasteiger charge is 2.15. The number of nitrogens with zero attached hydrogens (tertiary/aromatic N) is 4. The molecule has 2 rings (SSSR count). The average molecular weight is 261 g/mol. The van der Waals surface area contributed by atoms with Crippen molar-refractivity contribution in [2.75, 3.05) is 12.8 Å². The van der Waals surface area contributed by atoms with E-state index < -0.39 is 0 Å². The summed E-state index contributed by atoms with van der Waals surface area (Å²) in [6.07, 6.45) is 1.59. The minimum Gasteiger partial charge on any atom is -0.481 e. The third kappa shape index (κ3) is 2.38. The maximum absolute atomic E-state index is 6.11. The summed E-state index contributed by atoms with van der Waals surface area (Å²) in [5, 5.41) is 4.53. The molecule has 0 aliphatic carbocycles. The summed E-state index contributed by atoms with van der Waals surface area (Å²) in [7, 11) is 1.58. The number of methoxy groups -OCH3 is 1. The van der Waals surface area contributed by atoms with E-state index in [1.807, 2.05) is 13.8 Å². The molecule has 102 valence electrons. The first-order chi connectivity index (χ1) is 9.10. The highest BCUT2D eigenvalue weighted by molar-refractivity contribution is 5.51. The van der Waals surface area contributed by atoms with E-state index in [-0.39, 0.29) is 0 Å². The van der Waals surface area contributed by atoms with Crippen molar-refractivity contribution in [2.24, 2.45) is 0 Å². The molecule has 0 saturated carbocycles. The molecule has 0 aromatic carbocycles. The Hall–Kier alpha value is -2.11. The van der Waals surface area contributed by atoms with Crippen molar-refractivity contribution in [3.05, 3.63) is 23.3 Å². The summed E-state index contributed by atoms with van der Waals surface area (Å²) in [5.74, 6) is 1.85. The fourth-order valence-corrected chi connectivity index (χ4v) is 2.04. The van der Waals surface area contributed by atoms with Crippen molar-refractivity contribution in [3.63, 3.8) is 0 Å². The molecule has 0 radical (unpaired) electrons. The van der Waals surface area contributed by atoms with E-state index in [9.17, 15) is 0 Å². The lowest BCUT2D eigenvalue weighted by molar-refractivity contribution is 0.395. The minimum atomic E-state index is 0.525. The Balaban J connectivity index is 2.61. The maximum atomic E-state index is 6.11. The van der Waals surface area contributed by atoms with Crippen LogP contribution in [0.25, 0.3) is 5.82 Å². The van der Waals surface area contributed by atoms with Crippen molar-refractivity contribution < 1.29 is 4.74 Å². The minimum absolute atomic E-state index is 0.525. The van der Waals surface area contributed by atoms with Gasteiger partial charge < -0.3 is 10.5 Å². The number of aromatic nitrogens is 4. The topological polar surface area (TPSA) is 78.8 Å². The van der Waals surface area contributed by atoms with Gasteiger partial charge in [0.2, 0.25) is 5.88 Å². The molecule has 0 aliphatic rings. The van der Waals surface area contributed by atoms with Crippen LogP contribution < -0.4 is 10.5 Å². The first kappa shape index (κ1) is 13.3. The van der Waals surface area contributed by atoms with E-state index in [2.05, 4.69) is 22.0 Å². The van der Waals surface area contributed by atoms with E-state index in [4.69, 9.17) is 10.5 Å². The SMILES string of the molecule is CCc1nn(-c2cc(OC)nc(C)n2)c(CC)c1N. The third-order valence-electron chi connectivity index (χ3n) is 3.00. The number of hydrogen-bond acceptors (Lipinski definition) is 5. The zero-order chi connectivity index (χ0) is 14.0. The molecular weight excluding hydrogens is 242 g/mol. The van der Waals surface area contributed by atoms with E-state index in [1.54, 1.807) is 17.9 Å². The lowest BCUT2D eigenvalue weighted by Gasteiger charge is -2.07. The van der Waals surface area contributed by atoms with E-state index in [1.165, 1.54) is 0 Å². The van der Waals surface area contributed by atoms with Gasteiger partial charge in [-0.2, -0.15) is 10.1 Å². The molecule has 0 aliphatic heterocycles. The molecule has 2 heterocycles. The molecule has 6 nitrogen and oxygen atoms in total. The number of nitrogens with two attached hydrogens (primary N) is 1. The van der Waals surface area contributed by atoms with Gasteiger partial charge in [0, 0.05) is 6.07 Å². The van der Waals surface area contributed by atoms with Gasteiger partial charge in [-0.3, -0.25) is 0 Å². The normalized spacial score (nSPS) is 10.7. The Kier molecular flexibility index (Phi) is 3.69. The van der Waals surface area contributed by atoms with Gasteiger partial charge in [0.1, 0.15) is 5.82 Å². The monoisotopic (exact) mass is 261 g/mol. The van der Waals surface area contributed by atoms with Crippen LogP contribution >= 0.6 is 0 Å². The second-order valence-corrected chi connectivity index (χ2v) is 4.24. The highest BCUT2D eigenvalue weighted by atomic mass is 16.5. The van der Waals surface area contributed by atoms with Crippen molar-refractivity contribution >= 4 is 5.69 Å². The number of nitrogen functional groups attached to an aromatic ring is 1. The van der Waals surface area contributed by atoms with Crippen LogP contribution in [0.15, 0.2) is 6.07 Å². The van der Waals surface area contributed by atoms with Crippen LogP contribution in [0, 0.1) is 6.92 Å². The van der Waals surface area contributed by atoms with E-state index in [0.29, 0.717) is 17.5 Å². The Labute approximate surface area is 112 Å². The number of aryl methyl sites for hydroxylation is 2. The molecular formula is C13H19N5O. The molecule has 2 N–H and O–H groups in total. The third-order valence-corrected chi connectivity index (χ3v) is 3.00. The fraction of sp³-hybridized carbons (Fsp3) is 0.462. The van der Waals surface area contributed by atoms with E-state index in [0.717, 1.165) is 29.9 Å². The summed E-state index contributed by atoms with van der Waals surface area (Å²) < 4.78 is 6.95. The Morgan fingerprint density at radius 2 is 2.00 bits per heavy atom. The quantitative estimate of drug-likeness (QED) is 0.906. The van der Waals surface area contributed by atoms with Gasteiger partial charge in [0.25, 0.3) is 0 Å². The van der Waals surface area contributed by atoms with E-state index >= 15 is 0 Å². The molecule has 0 unspecified atom stereocenters. The number of ether oxygens (including phenoxy) is 1. The summed E-state index contributed by atoms with van der Waals surface area (Å²) in [5.41, 5.74) is 8.73. The lowest BCUT2D eigenvalue weighted by Crippen LogP contribution is -2.07. The van der Waals surface area contributed by atoms with Crippen LogP contribution in [-0.4, -0.2) is 26.9 Å². The van der Waals surface area contributed by atoms with Crippen LogP contribution in [0.5, 0.6) is 5.88 Å².